The molecule has 7 nitrogen and oxygen atoms in total. The fourth-order valence-electron chi connectivity index (χ4n) is 4.66. The minimum Gasteiger partial charge on any atom is -0.478 e. The van der Waals surface area contributed by atoms with Gasteiger partial charge in [-0.15, -0.1) is 0 Å². The summed E-state index contributed by atoms with van der Waals surface area (Å²) in [6.45, 7) is 11.5. The molecule has 3 aromatic rings. The number of benzene rings is 1. The maximum Gasteiger partial charge on any atom is 0.345 e. The third-order valence-corrected chi connectivity index (χ3v) is 7.48. The number of esters is 1. The Labute approximate surface area is 237 Å². The largest absolute Gasteiger partial charge is 0.478 e. The molecule has 0 saturated heterocycles. The highest BCUT2D eigenvalue weighted by Gasteiger charge is 2.35. The van der Waals surface area contributed by atoms with E-state index in [1.54, 1.807) is 36.4 Å². The van der Waals surface area contributed by atoms with E-state index < -0.39 is 11.0 Å². The normalized spacial score (nSPS) is 12.3. The van der Waals surface area contributed by atoms with Crippen LogP contribution in [0.4, 0.5) is 0 Å². The Morgan fingerprint density at radius 3 is 2.40 bits per heavy atom. The topological polar surface area (TPSA) is 102 Å². The third-order valence-electron chi connectivity index (χ3n) is 7.48. The maximum atomic E-state index is 12.6. The van der Waals surface area contributed by atoms with Crippen molar-refractivity contribution in [2.75, 3.05) is 13.2 Å². The van der Waals surface area contributed by atoms with Crippen LogP contribution in [0, 0.1) is 28.6 Å². The molecular formula is C33H42N2O5. The number of rotatable bonds is 15. The summed E-state index contributed by atoms with van der Waals surface area (Å²) in [5, 5.41) is 9.81. The predicted octanol–water partition coefficient (Wildman–Crippen LogP) is 7.70. The zero-order valence-electron chi connectivity index (χ0n) is 24.5. The highest BCUT2D eigenvalue weighted by atomic mass is 16.5. The van der Waals surface area contributed by atoms with Crippen molar-refractivity contribution in [3.05, 3.63) is 58.4 Å². The SMILES string of the molecule is CC(C)CC(C)C(C)(C)C(=O)OCCCCCCCCOc1ccc2cc(-c3cccc(C#N)c3)c(=O)oc2n1. The van der Waals surface area contributed by atoms with Crippen molar-refractivity contribution >= 4 is 17.1 Å². The summed E-state index contributed by atoms with van der Waals surface area (Å²) < 4.78 is 16.8. The van der Waals surface area contributed by atoms with E-state index in [2.05, 4.69) is 31.8 Å². The van der Waals surface area contributed by atoms with Crippen LogP contribution in [0.25, 0.3) is 22.2 Å². The van der Waals surface area contributed by atoms with Crippen LogP contribution in [0.2, 0.25) is 0 Å². The Morgan fingerprint density at radius 2 is 1.70 bits per heavy atom. The molecular weight excluding hydrogens is 504 g/mol. The van der Waals surface area contributed by atoms with Crippen LogP contribution in [-0.4, -0.2) is 24.2 Å². The van der Waals surface area contributed by atoms with Crippen LogP contribution >= 0.6 is 0 Å². The average Bonchev–Trinajstić information content (AvgIpc) is 2.93. The monoisotopic (exact) mass is 546 g/mol. The molecule has 3 rings (SSSR count). The zero-order valence-corrected chi connectivity index (χ0v) is 24.5. The van der Waals surface area contributed by atoms with Crippen molar-refractivity contribution in [3.63, 3.8) is 0 Å². The van der Waals surface area contributed by atoms with E-state index in [4.69, 9.17) is 19.2 Å². The molecule has 40 heavy (non-hydrogen) atoms. The summed E-state index contributed by atoms with van der Waals surface area (Å²) in [5.74, 6) is 1.18. The van der Waals surface area contributed by atoms with Crippen molar-refractivity contribution < 1.29 is 18.7 Å². The number of fused-ring (bicyclic) bond motifs is 1. The van der Waals surface area contributed by atoms with Gasteiger partial charge in [0.15, 0.2) is 0 Å². The van der Waals surface area contributed by atoms with Crippen LogP contribution in [-0.2, 0) is 9.53 Å². The molecule has 0 amide bonds. The number of hydrogen-bond donors (Lipinski definition) is 0. The molecule has 1 atom stereocenters. The number of carbonyl (C=O) groups excluding carboxylic acids is 1. The van der Waals surface area contributed by atoms with Gasteiger partial charge in [-0.05, 0) is 74.8 Å². The minimum atomic E-state index is -0.508. The Hall–Kier alpha value is -3.66. The predicted molar refractivity (Wildman–Crippen MR) is 157 cm³/mol. The number of carbonyl (C=O) groups is 1. The van der Waals surface area contributed by atoms with Gasteiger partial charge in [0.1, 0.15) is 0 Å². The number of ether oxygens (including phenoxy) is 2. The fraction of sp³-hybridized carbons (Fsp3) is 0.515. The van der Waals surface area contributed by atoms with Crippen LogP contribution < -0.4 is 10.4 Å². The molecule has 2 aromatic heterocycles. The number of nitrogens with zero attached hydrogens (tertiary/aromatic N) is 2. The van der Waals surface area contributed by atoms with Gasteiger partial charge in [-0.1, -0.05) is 58.6 Å². The second-order valence-electron chi connectivity index (χ2n) is 11.5. The van der Waals surface area contributed by atoms with E-state index in [0.717, 1.165) is 44.9 Å². The highest BCUT2D eigenvalue weighted by Crippen LogP contribution is 2.33. The van der Waals surface area contributed by atoms with Gasteiger partial charge in [-0.2, -0.15) is 10.2 Å². The van der Waals surface area contributed by atoms with Crippen molar-refractivity contribution in [3.8, 4) is 23.1 Å². The van der Waals surface area contributed by atoms with E-state index >= 15 is 0 Å². The molecule has 7 heteroatoms. The van der Waals surface area contributed by atoms with Crippen LogP contribution in [0.15, 0.2) is 51.7 Å². The highest BCUT2D eigenvalue weighted by molar-refractivity contribution is 5.79. The molecule has 0 radical (unpaired) electrons. The van der Waals surface area contributed by atoms with E-state index in [-0.39, 0.29) is 17.6 Å². The van der Waals surface area contributed by atoms with Gasteiger partial charge in [0.05, 0.1) is 35.8 Å². The molecule has 1 unspecified atom stereocenters. The van der Waals surface area contributed by atoms with Gasteiger partial charge in [0.2, 0.25) is 11.6 Å². The molecule has 0 aliphatic rings. The first kappa shape index (κ1) is 30.9. The maximum absolute atomic E-state index is 12.6. The van der Waals surface area contributed by atoms with Gasteiger partial charge in [0, 0.05) is 11.5 Å². The molecule has 0 aliphatic heterocycles. The molecule has 2 heterocycles. The van der Waals surface area contributed by atoms with E-state index in [0.29, 0.717) is 47.1 Å². The Morgan fingerprint density at radius 1 is 1.00 bits per heavy atom. The van der Waals surface area contributed by atoms with E-state index in [1.165, 1.54) is 0 Å². The Kier molecular flexibility index (Phi) is 11.3. The number of hydrogen-bond acceptors (Lipinski definition) is 7. The fourth-order valence-corrected chi connectivity index (χ4v) is 4.66. The first-order valence-electron chi connectivity index (χ1n) is 14.4. The summed E-state index contributed by atoms with van der Waals surface area (Å²) in [6.07, 6.45) is 7.04. The van der Waals surface area contributed by atoms with Crippen molar-refractivity contribution in [2.45, 2.75) is 79.6 Å². The molecule has 214 valence electrons. The van der Waals surface area contributed by atoms with Crippen molar-refractivity contribution in [1.29, 1.82) is 5.26 Å². The lowest BCUT2D eigenvalue weighted by atomic mass is 9.76. The zero-order chi connectivity index (χ0) is 29.1. The molecule has 0 fully saturated rings. The molecule has 0 N–H and O–H groups in total. The lowest BCUT2D eigenvalue weighted by Crippen LogP contribution is -2.34. The summed E-state index contributed by atoms with van der Waals surface area (Å²) in [7, 11) is 0. The number of nitriles is 1. The van der Waals surface area contributed by atoms with Gasteiger partial charge >= 0.3 is 11.6 Å². The lowest BCUT2D eigenvalue weighted by molar-refractivity contribution is -0.157. The van der Waals surface area contributed by atoms with Gasteiger partial charge in [-0.3, -0.25) is 4.79 Å². The number of pyridine rings is 1. The van der Waals surface area contributed by atoms with Crippen LogP contribution in [0.3, 0.4) is 0 Å². The summed E-state index contributed by atoms with van der Waals surface area (Å²) in [5.41, 5.74) is 0.757. The Bertz CT molecular complexity index is 1370. The molecule has 1 aromatic carbocycles. The van der Waals surface area contributed by atoms with Gasteiger partial charge in [0.25, 0.3) is 0 Å². The van der Waals surface area contributed by atoms with Crippen molar-refractivity contribution in [2.24, 2.45) is 17.3 Å². The quantitative estimate of drug-likeness (QED) is 0.142. The van der Waals surface area contributed by atoms with Gasteiger partial charge < -0.3 is 13.9 Å². The standard InChI is InChI=1S/C33H42N2O5/c1-23(2)19-24(3)33(4,5)32(37)39-18-11-9-7-6-8-10-17-38-29-16-15-27-21-28(31(36)40-30(27)35-29)26-14-12-13-25(20-26)22-34/h12-16,20-21,23-24H,6-11,17-19H2,1-5H3. The van der Waals surface area contributed by atoms with Crippen LogP contribution in [0.1, 0.15) is 85.1 Å². The Balaban J connectivity index is 1.34. The van der Waals surface area contributed by atoms with Gasteiger partial charge in [-0.25, -0.2) is 4.79 Å². The third kappa shape index (κ3) is 8.67. The average molecular weight is 547 g/mol. The molecule has 0 spiro atoms. The number of unbranched alkanes of at least 4 members (excludes halogenated alkanes) is 5. The van der Waals surface area contributed by atoms with E-state index in [9.17, 15) is 9.59 Å². The van der Waals surface area contributed by atoms with Crippen LogP contribution in [0.5, 0.6) is 5.88 Å². The number of aromatic nitrogens is 1. The van der Waals surface area contributed by atoms with E-state index in [1.807, 2.05) is 19.9 Å². The second-order valence-corrected chi connectivity index (χ2v) is 11.5. The van der Waals surface area contributed by atoms with Crippen molar-refractivity contribution in [1.82, 2.24) is 4.98 Å². The first-order valence-corrected chi connectivity index (χ1v) is 14.4. The lowest BCUT2D eigenvalue weighted by Gasteiger charge is -2.30. The molecule has 0 saturated carbocycles. The first-order chi connectivity index (χ1) is 19.1. The summed E-state index contributed by atoms with van der Waals surface area (Å²) in [4.78, 5) is 29.4. The minimum absolute atomic E-state index is 0.0924. The summed E-state index contributed by atoms with van der Waals surface area (Å²) in [6, 6.07) is 14.3. The molecule has 0 bridgehead atoms. The molecule has 0 aliphatic carbocycles. The second kappa shape index (κ2) is 14.6. The smallest absolute Gasteiger partial charge is 0.345 e. The summed E-state index contributed by atoms with van der Waals surface area (Å²) >= 11 is 0.